The van der Waals surface area contributed by atoms with Crippen molar-refractivity contribution in [3.05, 3.63) is 64.6 Å². The Balaban J connectivity index is 1.91. The van der Waals surface area contributed by atoms with Crippen LogP contribution in [-0.2, 0) is 0 Å². The molecule has 0 aliphatic carbocycles. The number of likely N-dealkylation sites (N-methyl/N-ethyl adjacent to an activating group) is 1. The van der Waals surface area contributed by atoms with Gasteiger partial charge >= 0.3 is 0 Å². The molecule has 116 valence electrons. The molecule has 1 aliphatic heterocycles. The Bertz CT molecular complexity index is 813. The first-order chi connectivity index (χ1) is 11.4. The summed E-state index contributed by atoms with van der Waals surface area (Å²) in [5, 5.41) is 8.78. The molecule has 0 spiro atoms. The van der Waals surface area contributed by atoms with Crippen LogP contribution in [0.1, 0.15) is 22.4 Å². The van der Waals surface area contributed by atoms with E-state index in [9.17, 15) is 0 Å². The summed E-state index contributed by atoms with van der Waals surface area (Å²) in [5.74, 6) is 1.27. The van der Waals surface area contributed by atoms with E-state index >= 15 is 0 Å². The Labute approximate surface area is 137 Å². The van der Waals surface area contributed by atoms with Crippen LogP contribution < -0.4 is 10.6 Å². The lowest BCUT2D eigenvalue weighted by molar-refractivity contribution is 0.522. The topological polar surface area (TPSA) is 75.3 Å². The molecule has 0 saturated carbocycles. The highest BCUT2D eigenvalue weighted by molar-refractivity contribution is 7.10. The summed E-state index contributed by atoms with van der Waals surface area (Å²) in [7, 11) is 1.91. The third-order valence-electron chi connectivity index (χ3n) is 3.72. The summed E-state index contributed by atoms with van der Waals surface area (Å²) in [5.41, 5.74) is 1.59. The number of fused-ring (bicyclic) bond motifs is 1. The summed E-state index contributed by atoms with van der Waals surface area (Å²) in [6, 6.07) is 7.88. The minimum Gasteiger partial charge on any atom is -0.443 e. The quantitative estimate of drug-likeness (QED) is 0.774. The first kappa shape index (κ1) is 14.1. The molecule has 2 atom stereocenters. The third-order valence-corrected chi connectivity index (χ3v) is 4.66. The summed E-state index contributed by atoms with van der Waals surface area (Å²) in [6.45, 7) is 0. The molecule has 1 aliphatic rings. The zero-order valence-corrected chi connectivity index (χ0v) is 13.2. The SMILES string of the molecule is CNC1Nc2ncccc2C(c2ncco2)=NC1c1cccs1. The van der Waals surface area contributed by atoms with Crippen LogP contribution in [-0.4, -0.2) is 28.9 Å². The van der Waals surface area contributed by atoms with Gasteiger partial charge < -0.3 is 9.73 Å². The summed E-state index contributed by atoms with van der Waals surface area (Å²) >= 11 is 1.68. The van der Waals surface area contributed by atoms with E-state index in [-0.39, 0.29) is 12.2 Å². The fraction of sp³-hybridized carbons (Fsp3) is 0.188. The molecule has 2 N–H and O–H groups in total. The highest BCUT2D eigenvalue weighted by atomic mass is 32.1. The predicted octanol–water partition coefficient (Wildman–Crippen LogP) is 2.68. The van der Waals surface area contributed by atoms with Crippen molar-refractivity contribution in [2.24, 2.45) is 4.99 Å². The Morgan fingerprint density at radius 1 is 1.22 bits per heavy atom. The molecule has 0 amide bonds. The normalized spacial score (nSPS) is 20.3. The maximum Gasteiger partial charge on any atom is 0.245 e. The van der Waals surface area contributed by atoms with Gasteiger partial charge in [-0.25, -0.2) is 9.97 Å². The van der Waals surface area contributed by atoms with E-state index in [1.807, 2.05) is 25.2 Å². The Kier molecular flexibility index (Phi) is 3.64. The predicted molar refractivity (Wildman–Crippen MR) is 89.9 cm³/mol. The van der Waals surface area contributed by atoms with Crippen LogP contribution >= 0.6 is 11.3 Å². The van der Waals surface area contributed by atoms with Crippen molar-refractivity contribution in [2.75, 3.05) is 12.4 Å². The number of thiophene rings is 1. The third kappa shape index (κ3) is 2.54. The fourth-order valence-electron chi connectivity index (χ4n) is 2.65. The Morgan fingerprint density at radius 3 is 2.91 bits per heavy atom. The Morgan fingerprint density at radius 2 is 2.17 bits per heavy atom. The molecular weight excluding hydrogens is 310 g/mol. The molecule has 0 radical (unpaired) electrons. The molecule has 7 heteroatoms. The van der Waals surface area contributed by atoms with Gasteiger partial charge in [-0.05, 0) is 30.6 Å². The van der Waals surface area contributed by atoms with E-state index in [1.54, 1.807) is 30.0 Å². The molecule has 0 bridgehead atoms. The first-order valence-electron chi connectivity index (χ1n) is 7.27. The van der Waals surface area contributed by atoms with Crippen molar-refractivity contribution >= 4 is 22.9 Å². The molecule has 6 nitrogen and oxygen atoms in total. The first-order valence-corrected chi connectivity index (χ1v) is 8.15. The highest BCUT2D eigenvalue weighted by Gasteiger charge is 2.30. The summed E-state index contributed by atoms with van der Waals surface area (Å²) in [4.78, 5) is 14.9. The van der Waals surface area contributed by atoms with E-state index in [0.717, 1.165) is 16.3 Å². The minimum absolute atomic E-state index is 0.0743. The van der Waals surface area contributed by atoms with Gasteiger partial charge in [0.25, 0.3) is 0 Å². The molecule has 23 heavy (non-hydrogen) atoms. The average Bonchev–Trinajstić information content (AvgIpc) is 3.26. The van der Waals surface area contributed by atoms with Gasteiger partial charge in [-0.1, -0.05) is 6.07 Å². The molecule has 0 fully saturated rings. The summed E-state index contributed by atoms with van der Waals surface area (Å²) in [6.07, 6.45) is 4.87. The number of aromatic nitrogens is 2. The molecule has 0 aromatic carbocycles. The maximum absolute atomic E-state index is 5.51. The monoisotopic (exact) mass is 325 g/mol. The largest absolute Gasteiger partial charge is 0.443 e. The van der Waals surface area contributed by atoms with Crippen molar-refractivity contribution in [3.63, 3.8) is 0 Å². The number of nitrogens with one attached hydrogen (secondary N) is 2. The molecule has 2 unspecified atom stereocenters. The fourth-order valence-corrected chi connectivity index (χ4v) is 3.45. The molecule has 4 heterocycles. The van der Waals surface area contributed by atoms with Gasteiger partial charge in [-0.3, -0.25) is 10.3 Å². The smallest absolute Gasteiger partial charge is 0.245 e. The second-order valence-electron chi connectivity index (χ2n) is 5.09. The molecule has 0 saturated heterocycles. The van der Waals surface area contributed by atoms with E-state index < -0.39 is 0 Å². The van der Waals surface area contributed by atoms with E-state index in [2.05, 4.69) is 32.0 Å². The van der Waals surface area contributed by atoms with Crippen LogP contribution in [0.25, 0.3) is 0 Å². The molecule has 3 aromatic heterocycles. The van der Waals surface area contributed by atoms with Crippen molar-refractivity contribution < 1.29 is 4.42 Å². The minimum atomic E-state index is -0.101. The lowest BCUT2D eigenvalue weighted by Crippen LogP contribution is -2.38. The lowest BCUT2D eigenvalue weighted by Gasteiger charge is -2.22. The number of rotatable bonds is 3. The number of oxazole rings is 1. The van der Waals surface area contributed by atoms with E-state index in [1.165, 1.54) is 0 Å². The van der Waals surface area contributed by atoms with Crippen LogP contribution in [0.4, 0.5) is 5.82 Å². The van der Waals surface area contributed by atoms with E-state index in [4.69, 9.17) is 9.41 Å². The van der Waals surface area contributed by atoms with Crippen molar-refractivity contribution in [3.8, 4) is 0 Å². The highest BCUT2D eigenvalue weighted by Crippen LogP contribution is 2.32. The van der Waals surface area contributed by atoms with Crippen LogP contribution in [0.15, 0.2) is 57.7 Å². The van der Waals surface area contributed by atoms with Gasteiger partial charge in [0.1, 0.15) is 30.0 Å². The van der Waals surface area contributed by atoms with Crippen molar-refractivity contribution in [1.29, 1.82) is 0 Å². The standard InChI is InChI=1S/C16H15N5OS/c1-17-15-13(11-5-3-9-23-11)20-12(16-19-7-8-22-16)10-4-2-6-18-14(10)21-15/h2-9,13,15,17H,1H3,(H,18,21). The molecular formula is C16H15N5OS. The average molecular weight is 325 g/mol. The molecule has 3 aromatic rings. The van der Waals surface area contributed by atoms with Gasteiger partial charge in [0.15, 0.2) is 0 Å². The van der Waals surface area contributed by atoms with Gasteiger partial charge in [0.2, 0.25) is 5.89 Å². The summed E-state index contributed by atoms with van der Waals surface area (Å²) < 4.78 is 5.51. The van der Waals surface area contributed by atoms with Gasteiger partial charge in [0.05, 0.1) is 6.20 Å². The maximum atomic E-state index is 5.51. The number of hydrogen-bond donors (Lipinski definition) is 2. The zero-order chi connectivity index (χ0) is 15.6. The number of anilines is 1. The number of aliphatic imine (C=N–C) groups is 1. The van der Waals surface area contributed by atoms with Crippen LogP contribution in [0, 0.1) is 0 Å². The van der Waals surface area contributed by atoms with Crippen molar-refractivity contribution in [1.82, 2.24) is 15.3 Å². The molecule has 4 rings (SSSR count). The Hall–Kier alpha value is -2.51. The van der Waals surface area contributed by atoms with Crippen LogP contribution in [0.3, 0.4) is 0 Å². The van der Waals surface area contributed by atoms with Crippen LogP contribution in [0.5, 0.6) is 0 Å². The second-order valence-corrected chi connectivity index (χ2v) is 6.06. The van der Waals surface area contributed by atoms with Crippen molar-refractivity contribution in [2.45, 2.75) is 12.2 Å². The van der Waals surface area contributed by atoms with Crippen LogP contribution in [0.2, 0.25) is 0 Å². The van der Waals surface area contributed by atoms with Gasteiger partial charge in [0, 0.05) is 16.6 Å². The zero-order valence-electron chi connectivity index (χ0n) is 12.4. The number of hydrogen-bond acceptors (Lipinski definition) is 7. The van der Waals surface area contributed by atoms with Gasteiger partial charge in [-0.15, -0.1) is 11.3 Å². The number of nitrogens with zero attached hydrogens (tertiary/aromatic N) is 3. The number of pyridine rings is 1. The lowest BCUT2D eigenvalue weighted by atomic mass is 10.1. The van der Waals surface area contributed by atoms with Gasteiger partial charge in [-0.2, -0.15) is 0 Å². The second kappa shape index (κ2) is 5.94. The van der Waals surface area contributed by atoms with E-state index in [0.29, 0.717) is 11.6 Å².